The van der Waals surface area contributed by atoms with Gasteiger partial charge in [0.25, 0.3) is 0 Å². The van der Waals surface area contributed by atoms with Crippen molar-refractivity contribution in [3.05, 3.63) is 12.4 Å². The molecule has 2 unspecified atom stereocenters. The van der Waals surface area contributed by atoms with E-state index in [-0.39, 0.29) is 0 Å². The second-order valence-electron chi connectivity index (χ2n) is 4.61. The number of anilines is 1. The summed E-state index contributed by atoms with van der Waals surface area (Å²) in [4.78, 5) is 4.16. The Bertz CT molecular complexity index is 527. The molecule has 1 saturated carbocycles. The molecule has 1 aliphatic rings. The van der Waals surface area contributed by atoms with Gasteiger partial charge in [-0.05, 0) is 35.9 Å². The minimum absolute atomic E-state index is 0.493. The zero-order valence-electron chi connectivity index (χ0n) is 10.3. The Hall–Kier alpha value is -1.37. The van der Waals surface area contributed by atoms with Crippen LogP contribution in [0.25, 0.3) is 5.65 Å². The van der Waals surface area contributed by atoms with E-state index in [0.717, 1.165) is 11.1 Å². The molecule has 1 aliphatic carbocycles. The average molecular weight is 264 g/mol. The summed E-state index contributed by atoms with van der Waals surface area (Å²) in [5.41, 5.74) is 0.678. The topological polar surface area (TPSA) is 68.0 Å². The van der Waals surface area contributed by atoms with E-state index in [1.54, 1.807) is 16.9 Å². The molecular formula is C11H16N6S. The average Bonchev–Trinajstić information content (AvgIpc) is 2.88. The molecule has 18 heavy (non-hydrogen) atoms. The smallest absolute Gasteiger partial charge is 0.199 e. The number of tetrazole rings is 1. The zero-order valence-corrected chi connectivity index (χ0v) is 11.1. The second kappa shape index (κ2) is 5.09. The highest BCUT2D eigenvalue weighted by Crippen LogP contribution is 2.28. The van der Waals surface area contributed by atoms with Crippen LogP contribution in [0.2, 0.25) is 0 Å². The Balaban J connectivity index is 1.77. The first-order chi connectivity index (χ1) is 8.86. The molecule has 1 fully saturated rings. The van der Waals surface area contributed by atoms with Gasteiger partial charge in [-0.3, -0.25) is 4.98 Å². The predicted octanol–water partition coefficient (Wildman–Crippen LogP) is 1.61. The fourth-order valence-electron chi connectivity index (χ4n) is 2.47. The number of hydrogen-bond acceptors (Lipinski definition) is 6. The van der Waals surface area contributed by atoms with Gasteiger partial charge in [-0.1, -0.05) is 6.42 Å². The highest BCUT2D eigenvalue weighted by molar-refractivity contribution is 7.99. The number of hydrogen-bond donors (Lipinski definition) is 1. The van der Waals surface area contributed by atoms with E-state index < -0.39 is 0 Å². The lowest BCUT2D eigenvalue weighted by atomic mass is 9.95. The molecule has 1 N–H and O–H groups in total. The van der Waals surface area contributed by atoms with Gasteiger partial charge < -0.3 is 5.32 Å². The van der Waals surface area contributed by atoms with Crippen molar-refractivity contribution in [2.75, 3.05) is 11.6 Å². The quantitative estimate of drug-likeness (QED) is 0.908. The predicted molar refractivity (Wildman–Crippen MR) is 71.8 cm³/mol. The first kappa shape index (κ1) is 11.7. The number of nitrogens with zero attached hydrogens (tertiary/aromatic N) is 5. The summed E-state index contributed by atoms with van der Waals surface area (Å²) in [5.74, 6) is 0.879. The number of fused-ring (bicyclic) bond motifs is 1. The maximum Gasteiger partial charge on any atom is 0.199 e. The SMILES string of the molecule is CSC1CCCC(Nc2cncc3nnnn23)C1. The van der Waals surface area contributed by atoms with Crippen LogP contribution in [0.3, 0.4) is 0 Å². The van der Waals surface area contributed by atoms with E-state index in [1.807, 2.05) is 11.8 Å². The van der Waals surface area contributed by atoms with Crippen LogP contribution in [0, 0.1) is 0 Å². The molecule has 0 spiro atoms. The van der Waals surface area contributed by atoms with Gasteiger partial charge in [0.2, 0.25) is 0 Å². The number of aromatic nitrogens is 5. The van der Waals surface area contributed by atoms with Crippen molar-refractivity contribution in [3.8, 4) is 0 Å². The second-order valence-corrected chi connectivity index (χ2v) is 5.75. The Morgan fingerprint density at radius 2 is 2.33 bits per heavy atom. The fraction of sp³-hybridized carbons (Fsp3) is 0.636. The largest absolute Gasteiger partial charge is 0.366 e. The van der Waals surface area contributed by atoms with Crippen molar-refractivity contribution in [3.63, 3.8) is 0 Å². The van der Waals surface area contributed by atoms with Crippen molar-refractivity contribution >= 4 is 23.2 Å². The van der Waals surface area contributed by atoms with Gasteiger partial charge in [-0.2, -0.15) is 16.3 Å². The molecule has 0 saturated heterocycles. The summed E-state index contributed by atoms with van der Waals surface area (Å²) in [6.07, 6.45) is 10.6. The summed E-state index contributed by atoms with van der Waals surface area (Å²) < 4.78 is 1.70. The third-order valence-corrected chi connectivity index (χ3v) is 4.51. The standard InChI is InChI=1S/C11H16N6S/c1-18-9-4-2-3-8(5-9)13-10-6-12-7-11-14-15-16-17(10)11/h6-9,13H,2-5H2,1H3. The first-order valence-electron chi connectivity index (χ1n) is 6.18. The summed E-state index contributed by atoms with van der Waals surface area (Å²) in [7, 11) is 0. The van der Waals surface area contributed by atoms with Gasteiger partial charge in [-0.15, -0.1) is 5.10 Å². The number of rotatable bonds is 3. The summed E-state index contributed by atoms with van der Waals surface area (Å²) >= 11 is 1.96. The summed E-state index contributed by atoms with van der Waals surface area (Å²) in [6, 6.07) is 0.493. The fourth-order valence-corrected chi connectivity index (χ4v) is 3.30. The molecule has 2 aromatic heterocycles. The van der Waals surface area contributed by atoms with Crippen molar-refractivity contribution in [1.29, 1.82) is 0 Å². The Morgan fingerprint density at radius 3 is 3.22 bits per heavy atom. The van der Waals surface area contributed by atoms with E-state index in [1.165, 1.54) is 25.7 Å². The van der Waals surface area contributed by atoms with Crippen molar-refractivity contribution in [2.45, 2.75) is 37.0 Å². The summed E-state index contributed by atoms with van der Waals surface area (Å²) in [5, 5.41) is 15.8. The van der Waals surface area contributed by atoms with Crippen LogP contribution in [0.15, 0.2) is 12.4 Å². The normalized spacial score (nSPS) is 24.3. The first-order valence-corrected chi connectivity index (χ1v) is 7.47. The van der Waals surface area contributed by atoms with Crippen LogP contribution in [0.1, 0.15) is 25.7 Å². The van der Waals surface area contributed by atoms with Crippen LogP contribution in [-0.2, 0) is 0 Å². The Morgan fingerprint density at radius 1 is 1.39 bits per heavy atom. The zero-order chi connectivity index (χ0) is 12.4. The van der Waals surface area contributed by atoms with Gasteiger partial charge in [0.1, 0.15) is 0 Å². The molecule has 3 rings (SSSR count). The monoisotopic (exact) mass is 264 g/mol. The Kier molecular flexibility index (Phi) is 3.31. The molecule has 2 atom stereocenters. The lowest BCUT2D eigenvalue weighted by molar-refractivity contribution is 0.471. The molecule has 7 heteroatoms. The molecule has 2 heterocycles. The van der Waals surface area contributed by atoms with Gasteiger partial charge in [-0.25, -0.2) is 0 Å². The molecule has 0 aromatic carbocycles. The highest BCUT2D eigenvalue weighted by atomic mass is 32.2. The van der Waals surface area contributed by atoms with E-state index in [2.05, 4.69) is 32.1 Å². The van der Waals surface area contributed by atoms with Crippen LogP contribution >= 0.6 is 11.8 Å². The Labute approximate surface area is 110 Å². The molecule has 0 aliphatic heterocycles. The van der Waals surface area contributed by atoms with E-state index in [0.29, 0.717) is 11.7 Å². The third kappa shape index (κ3) is 2.27. The molecule has 2 aromatic rings. The number of thioether (sulfide) groups is 1. The van der Waals surface area contributed by atoms with Crippen LogP contribution in [-0.4, -0.2) is 42.6 Å². The lowest BCUT2D eigenvalue weighted by Crippen LogP contribution is -2.29. The van der Waals surface area contributed by atoms with Crippen molar-refractivity contribution in [1.82, 2.24) is 25.0 Å². The summed E-state index contributed by atoms with van der Waals surface area (Å²) in [6.45, 7) is 0. The highest BCUT2D eigenvalue weighted by Gasteiger charge is 2.21. The molecule has 0 radical (unpaired) electrons. The molecule has 0 amide bonds. The van der Waals surface area contributed by atoms with Gasteiger partial charge in [0.05, 0.1) is 12.4 Å². The van der Waals surface area contributed by atoms with Gasteiger partial charge in [0.15, 0.2) is 11.5 Å². The number of nitrogens with one attached hydrogen (secondary N) is 1. The van der Waals surface area contributed by atoms with Crippen LogP contribution in [0.4, 0.5) is 5.82 Å². The van der Waals surface area contributed by atoms with E-state index in [4.69, 9.17) is 0 Å². The molecule has 96 valence electrons. The van der Waals surface area contributed by atoms with E-state index >= 15 is 0 Å². The lowest BCUT2D eigenvalue weighted by Gasteiger charge is -2.29. The van der Waals surface area contributed by atoms with E-state index in [9.17, 15) is 0 Å². The van der Waals surface area contributed by atoms with Crippen molar-refractivity contribution in [2.24, 2.45) is 0 Å². The molecule has 0 bridgehead atoms. The van der Waals surface area contributed by atoms with Gasteiger partial charge in [0, 0.05) is 11.3 Å². The molecule has 6 nitrogen and oxygen atoms in total. The van der Waals surface area contributed by atoms with Crippen LogP contribution in [0.5, 0.6) is 0 Å². The van der Waals surface area contributed by atoms with Crippen LogP contribution < -0.4 is 5.32 Å². The minimum Gasteiger partial charge on any atom is -0.366 e. The molecular weight excluding hydrogens is 248 g/mol. The van der Waals surface area contributed by atoms with Gasteiger partial charge >= 0.3 is 0 Å². The maximum atomic E-state index is 4.16. The third-order valence-electron chi connectivity index (χ3n) is 3.42. The minimum atomic E-state index is 0.493. The van der Waals surface area contributed by atoms with Crippen molar-refractivity contribution < 1.29 is 0 Å². The maximum absolute atomic E-state index is 4.16.